The van der Waals surface area contributed by atoms with E-state index in [4.69, 9.17) is 0 Å². The molecule has 0 spiro atoms. The molecule has 1 N–H and O–H groups in total. The summed E-state index contributed by atoms with van der Waals surface area (Å²) in [5.74, 6) is -1.73. The third-order valence-electron chi connectivity index (χ3n) is 2.97. The summed E-state index contributed by atoms with van der Waals surface area (Å²) in [6.07, 6.45) is 0. The molecule has 0 heterocycles. The number of rotatable bonds is 3. The first-order chi connectivity index (χ1) is 9.02. The molecule has 0 aliphatic heterocycles. The van der Waals surface area contributed by atoms with E-state index in [0.717, 1.165) is 0 Å². The molecular formula is C15H14F3N. The molecule has 1 unspecified atom stereocenters. The standard InChI is InChI=1S/C15H14F3N/c1-9-6-10(8-11(16)7-9)15(19-2)14-12(17)4-3-5-13(14)18/h3-8,15,19H,1-2H3. The average Bonchev–Trinajstić information content (AvgIpc) is 2.32. The predicted octanol–water partition coefficient (Wildman–Crippen LogP) is 3.72. The first kappa shape index (κ1) is 13.6. The number of benzene rings is 2. The van der Waals surface area contributed by atoms with Gasteiger partial charge < -0.3 is 5.32 Å². The minimum Gasteiger partial charge on any atom is -0.309 e. The van der Waals surface area contributed by atoms with Crippen LogP contribution in [0.1, 0.15) is 22.7 Å². The lowest BCUT2D eigenvalue weighted by Gasteiger charge is -2.19. The van der Waals surface area contributed by atoms with Crippen molar-refractivity contribution in [1.29, 1.82) is 0 Å². The van der Waals surface area contributed by atoms with Gasteiger partial charge in [0.05, 0.1) is 6.04 Å². The minimum absolute atomic E-state index is 0.102. The van der Waals surface area contributed by atoms with Gasteiger partial charge in [0.25, 0.3) is 0 Å². The van der Waals surface area contributed by atoms with Crippen LogP contribution in [0.25, 0.3) is 0 Å². The molecule has 1 atom stereocenters. The molecule has 0 bridgehead atoms. The van der Waals surface area contributed by atoms with E-state index in [9.17, 15) is 13.2 Å². The summed E-state index contributed by atoms with van der Waals surface area (Å²) in [6, 6.07) is 7.31. The van der Waals surface area contributed by atoms with Crippen molar-refractivity contribution in [1.82, 2.24) is 5.32 Å². The Labute approximate surface area is 110 Å². The van der Waals surface area contributed by atoms with Crippen LogP contribution >= 0.6 is 0 Å². The van der Waals surface area contributed by atoms with Crippen molar-refractivity contribution >= 4 is 0 Å². The van der Waals surface area contributed by atoms with Crippen molar-refractivity contribution in [2.24, 2.45) is 0 Å². The highest BCUT2D eigenvalue weighted by Gasteiger charge is 2.21. The van der Waals surface area contributed by atoms with E-state index < -0.39 is 23.5 Å². The van der Waals surface area contributed by atoms with Gasteiger partial charge in [0.1, 0.15) is 17.5 Å². The summed E-state index contributed by atoms with van der Waals surface area (Å²) in [5, 5.41) is 2.82. The van der Waals surface area contributed by atoms with E-state index in [1.165, 1.54) is 30.3 Å². The highest BCUT2D eigenvalue weighted by atomic mass is 19.1. The number of nitrogens with one attached hydrogen (secondary N) is 1. The van der Waals surface area contributed by atoms with Crippen LogP contribution in [0.15, 0.2) is 36.4 Å². The summed E-state index contributed by atoms with van der Waals surface area (Å²) in [7, 11) is 1.58. The highest BCUT2D eigenvalue weighted by Crippen LogP contribution is 2.27. The second-order valence-corrected chi connectivity index (χ2v) is 4.42. The smallest absolute Gasteiger partial charge is 0.131 e. The Balaban J connectivity index is 2.56. The van der Waals surface area contributed by atoms with E-state index in [1.807, 2.05) is 0 Å². The zero-order valence-electron chi connectivity index (χ0n) is 10.7. The molecule has 4 heteroatoms. The summed E-state index contributed by atoms with van der Waals surface area (Å²) in [6.45, 7) is 1.73. The third kappa shape index (κ3) is 2.79. The molecule has 0 aliphatic rings. The van der Waals surface area contributed by atoms with Crippen LogP contribution in [-0.4, -0.2) is 7.05 Å². The Morgan fingerprint density at radius 1 is 1.00 bits per heavy atom. The maximum Gasteiger partial charge on any atom is 0.131 e. The van der Waals surface area contributed by atoms with Crippen LogP contribution in [0.2, 0.25) is 0 Å². The van der Waals surface area contributed by atoms with Crippen molar-refractivity contribution in [3.05, 3.63) is 70.5 Å². The lowest BCUT2D eigenvalue weighted by Crippen LogP contribution is -2.20. The number of hydrogen-bond acceptors (Lipinski definition) is 1. The lowest BCUT2D eigenvalue weighted by molar-refractivity contribution is 0.520. The Kier molecular flexibility index (Phi) is 3.90. The fourth-order valence-corrected chi connectivity index (χ4v) is 2.20. The molecule has 0 amide bonds. The van der Waals surface area contributed by atoms with E-state index in [-0.39, 0.29) is 5.56 Å². The van der Waals surface area contributed by atoms with Crippen molar-refractivity contribution in [2.75, 3.05) is 7.05 Å². The summed E-state index contributed by atoms with van der Waals surface area (Å²) >= 11 is 0. The van der Waals surface area contributed by atoms with Crippen LogP contribution in [0, 0.1) is 24.4 Å². The molecule has 0 saturated heterocycles. The first-order valence-corrected chi connectivity index (χ1v) is 5.91. The number of hydrogen-bond donors (Lipinski definition) is 1. The van der Waals surface area contributed by atoms with E-state index >= 15 is 0 Å². The maximum atomic E-state index is 13.8. The van der Waals surface area contributed by atoms with Crippen LogP contribution < -0.4 is 5.32 Å². The maximum absolute atomic E-state index is 13.8. The molecule has 19 heavy (non-hydrogen) atoms. The second-order valence-electron chi connectivity index (χ2n) is 4.42. The van der Waals surface area contributed by atoms with Gasteiger partial charge in [-0.05, 0) is 49.4 Å². The summed E-state index contributed by atoms with van der Waals surface area (Å²) < 4.78 is 41.0. The molecule has 1 nitrogen and oxygen atoms in total. The molecule has 100 valence electrons. The van der Waals surface area contributed by atoms with Crippen LogP contribution in [0.5, 0.6) is 0 Å². The van der Waals surface area contributed by atoms with Gasteiger partial charge in [0.15, 0.2) is 0 Å². The monoisotopic (exact) mass is 265 g/mol. The van der Waals surface area contributed by atoms with Gasteiger partial charge in [-0.1, -0.05) is 12.1 Å². The fourth-order valence-electron chi connectivity index (χ4n) is 2.20. The van der Waals surface area contributed by atoms with E-state index in [2.05, 4.69) is 5.32 Å². The molecular weight excluding hydrogens is 251 g/mol. The SMILES string of the molecule is CNC(c1cc(C)cc(F)c1)c1c(F)cccc1F. The zero-order valence-corrected chi connectivity index (χ0v) is 10.7. The molecule has 0 saturated carbocycles. The Morgan fingerprint density at radius 2 is 1.63 bits per heavy atom. The molecule has 0 aromatic heterocycles. The normalized spacial score (nSPS) is 12.5. The molecule has 0 aliphatic carbocycles. The van der Waals surface area contributed by atoms with Crippen molar-refractivity contribution in [2.45, 2.75) is 13.0 Å². The Hall–Kier alpha value is -1.81. The molecule has 2 aromatic rings. The van der Waals surface area contributed by atoms with Crippen LogP contribution in [-0.2, 0) is 0 Å². The van der Waals surface area contributed by atoms with Gasteiger partial charge >= 0.3 is 0 Å². The fraction of sp³-hybridized carbons (Fsp3) is 0.200. The predicted molar refractivity (Wildman–Crippen MR) is 68.4 cm³/mol. The summed E-state index contributed by atoms with van der Waals surface area (Å²) in [4.78, 5) is 0. The van der Waals surface area contributed by atoms with Crippen LogP contribution in [0.3, 0.4) is 0 Å². The van der Waals surface area contributed by atoms with Crippen molar-refractivity contribution in [3.63, 3.8) is 0 Å². The topological polar surface area (TPSA) is 12.0 Å². The van der Waals surface area contributed by atoms with Gasteiger partial charge in [0, 0.05) is 5.56 Å². The highest BCUT2D eigenvalue weighted by molar-refractivity contribution is 5.36. The Morgan fingerprint density at radius 3 is 2.16 bits per heavy atom. The summed E-state index contributed by atoms with van der Waals surface area (Å²) in [5.41, 5.74) is 1.09. The van der Waals surface area contributed by atoms with Crippen molar-refractivity contribution in [3.8, 4) is 0 Å². The molecule has 0 radical (unpaired) electrons. The first-order valence-electron chi connectivity index (χ1n) is 5.91. The van der Waals surface area contributed by atoms with Crippen molar-refractivity contribution < 1.29 is 13.2 Å². The minimum atomic E-state index is -0.726. The zero-order chi connectivity index (χ0) is 14.0. The van der Waals surface area contributed by atoms with Crippen LogP contribution in [0.4, 0.5) is 13.2 Å². The number of aryl methyl sites for hydroxylation is 1. The third-order valence-corrected chi connectivity index (χ3v) is 2.97. The largest absolute Gasteiger partial charge is 0.309 e. The average molecular weight is 265 g/mol. The number of halogens is 3. The van der Waals surface area contributed by atoms with Gasteiger partial charge in [0.2, 0.25) is 0 Å². The Bertz CT molecular complexity index is 555. The van der Waals surface area contributed by atoms with Gasteiger partial charge in [-0.25, -0.2) is 13.2 Å². The second kappa shape index (κ2) is 5.45. The van der Waals surface area contributed by atoms with Gasteiger partial charge in [-0.3, -0.25) is 0 Å². The van der Waals surface area contributed by atoms with Gasteiger partial charge in [-0.15, -0.1) is 0 Å². The van der Waals surface area contributed by atoms with Gasteiger partial charge in [-0.2, -0.15) is 0 Å². The van der Waals surface area contributed by atoms with E-state index in [0.29, 0.717) is 11.1 Å². The molecule has 2 aromatic carbocycles. The molecule has 2 rings (SSSR count). The van der Waals surface area contributed by atoms with E-state index in [1.54, 1.807) is 20.0 Å². The molecule has 0 fully saturated rings. The quantitative estimate of drug-likeness (QED) is 0.891. The lowest BCUT2D eigenvalue weighted by atomic mass is 9.96.